The fraction of sp³-hybridized carbons (Fsp3) is 0.440. The number of hydrogen-bond acceptors (Lipinski definition) is 4. The summed E-state index contributed by atoms with van der Waals surface area (Å²) in [6.45, 7) is 3.30. The number of carbonyl (C=O) groups is 2. The van der Waals surface area contributed by atoms with Gasteiger partial charge in [0.2, 0.25) is 5.91 Å². The molecule has 5 rings (SSSR count). The summed E-state index contributed by atoms with van der Waals surface area (Å²) in [5.74, 6) is -0.398. The van der Waals surface area contributed by atoms with E-state index in [0.717, 1.165) is 62.3 Å². The second kappa shape index (κ2) is 10.3. The minimum absolute atomic E-state index is 0. The first-order chi connectivity index (χ1) is 16.0. The Hall–Kier alpha value is -2.71. The Labute approximate surface area is 204 Å². The van der Waals surface area contributed by atoms with Gasteiger partial charge in [-0.3, -0.25) is 9.69 Å². The molecule has 0 aliphatic carbocycles. The lowest BCUT2D eigenvalue weighted by molar-refractivity contribution is -0.125. The highest BCUT2D eigenvalue weighted by Crippen LogP contribution is 2.48. The highest BCUT2D eigenvalue weighted by Gasteiger charge is 2.42. The molecule has 1 N–H and O–H groups in total. The highest BCUT2D eigenvalue weighted by molar-refractivity contribution is 6.01. The Balaban J connectivity index is 0.00000274. The van der Waals surface area contributed by atoms with Crippen LogP contribution in [0.15, 0.2) is 42.5 Å². The summed E-state index contributed by atoms with van der Waals surface area (Å²) in [7, 11) is 0. The van der Waals surface area contributed by atoms with Crippen molar-refractivity contribution in [1.82, 2.24) is 15.1 Å². The maximum absolute atomic E-state index is 14.1. The Morgan fingerprint density at radius 1 is 0.941 bits per heavy atom. The lowest BCUT2D eigenvalue weighted by Gasteiger charge is -2.39. The first kappa shape index (κ1) is 24.4. The quantitative estimate of drug-likeness (QED) is 0.461. The molecule has 2 fully saturated rings. The number of urea groups is 1. The number of benzene rings is 2. The van der Waals surface area contributed by atoms with E-state index in [1.165, 1.54) is 23.1 Å². The number of piperidine rings is 1. The molecule has 34 heavy (non-hydrogen) atoms. The number of halogens is 3. The monoisotopic (exact) mass is 490 g/mol. The summed E-state index contributed by atoms with van der Waals surface area (Å²) < 4.78 is 27.6. The molecule has 182 valence electrons. The average molecular weight is 491 g/mol. The number of amides is 3. The maximum Gasteiger partial charge on any atom is 0.324 e. The minimum atomic E-state index is -0.291. The molecule has 6 nitrogen and oxygen atoms in total. The van der Waals surface area contributed by atoms with Crippen molar-refractivity contribution >= 4 is 35.7 Å². The molecule has 2 aromatic rings. The van der Waals surface area contributed by atoms with E-state index in [1.54, 1.807) is 18.2 Å². The number of rotatable bonds is 7. The standard InChI is InChI=1S/C25H28F2N4O2.ClH/c26-17-4-7-19(8-5-17)31-22-9-6-18(27)14-21(22)20-10-13-29(16-23(20)31)11-2-1-3-12-30-24(32)15-28-25(30)33;/h4-9,14,20,23H,1-3,10-13,15-16H2,(H,28,33);1H/t20-,23+;/m1./s1. The number of unbranched alkanes of at least 4 members (excludes halogenated alkanes) is 2. The summed E-state index contributed by atoms with van der Waals surface area (Å²) in [6.07, 6.45) is 3.67. The van der Waals surface area contributed by atoms with Crippen LogP contribution in [-0.4, -0.2) is 60.5 Å². The smallest absolute Gasteiger partial charge is 0.324 e. The van der Waals surface area contributed by atoms with Gasteiger partial charge < -0.3 is 15.1 Å². The lowest BCUT2D eigenvalue weighted by atomic mass is 9.88. The van der Waals surface area contributed by atoms with Crippen molar-refractivity contribution in [3.8, 4) is 0 Å². The summed E-state index contributed by atoms with van der Waals surface area (Å²) in [5.41, 5.74) is 2.97. The van der Waals surface area contributed by atoms with Gasteiger partial charge in [-0.1, -0.05) is 6.42 Å². The number of nitrogens with one attached hydrogen (secondary N) is 1. The summed E-state index contributed by atoms with van der Waals surface area (Å²) in [5, 5.41) is 2.55. The highest BCUT2D eigenvalue weighted by atomic mass is 35.5. The van der Waals surface area contributed by atoms with Crippen LogP contribution in [0.4, 0.5) is 25.0 Å². The fourth-order valence-electron chi connectivity index (χ4n) is 5.44. The molecular formula is C25H29ClF2N4O2. The molecule has 0 aromatic heterocycles. The molecule has 2 atom stereocenters. The lowest BCUT2D eigenvalue weighted by Crippen LogP contribution is -2.47. The molecule has 0 bridgehead atoms. The van der Waals surface area contributed by atoms with Crippen LogP contribution >= 0.6 is 12.4 Å². The Morgan fingerprint density at radius 3 is 2.41 bits per heavy atom. The van der Waals surface area contributed by atoms with Crippen LogP contribution in [0.3, 0.4) is 0 Å². The van der Waals surface area contributed by atoms with Crippen molar-refractivity contribution < 1.29 is 18.4 Å². The zero-order valence-corrected chi connectivity index (χ0v) is 19.7. The van der Waals surface area contributed by atoms with E-state index in [2.05, 4.69) is 15.1 Å². The summed E-state index contributed by atoms with van der Waals surface area (Å²) in [4.78, 5) is 29.3. The van der Waals surface area contributed by atoms with Gasteiger partial charge >= 0.3 is 6.03 Å². The number of likely N-dealkylation sites (tertiary alicyclic amines) is 1. The molecule has 3 aliphatic heterocycles. The second-order valence-corrected chi connectivity index (χ2v) is 9.08. The first-order valence-electron chi connectivity index (χ1n) is 11.7. The van der Waals surface area contributed by atoms with Gasteiger partial charge in [0.05, 0.1) is 12.6 Å². The fourth-order valence-corrected chi connectivity index (χ4v) is 5.44. The van der Waals surface area contributed by atoms with E-state index < -0.39 is 0 Å². The van der Waals surface area contributed by atoms with E-state index in [-0.39, 0.29) is 54.5 Å². The molecular weight excluding hydrogens is 462 g/mol. The summed E-state index contributed by atoms with van der Waals surface area (Å²) >= 11 is 0. The van der Waals surface area contributed by atoms with Crippen molar-refractivity contribution in [1.29, 1.82) is 0 Å². The number of hydrogen-bond donors (Lipinski definition) is 1. The van der Waals surface area contributed by atoms with E-state index in [4.69, 9.17) is 0 Å². The van der Waals surface area contributed by atoms with Gasteiger partial charge in [0.15, 0.2) is 0 Å². The molecule has 3 heterocycles. The average Bonchev–Trinajstić information content (AvgIpc) is 3.30. The van der Waals surface area contributed by atoms with Crippen LogP contribution in [-0.2, 0) is 4.79 Å². The minimum Gasteiger partial charge on any atom is -0.336 e. The van der Waals surface area contributed by atoms with Crippen molar-refractivity contribution in [2.24, 2.45) is 0 Å². The van der Waals surface area contributed by atoms with Crippen molar-refractivity contribution in [2.75, 3.05) is 37.6 Å². The van der Waals surface area contributed by atoms with E-state index in [9.17, 15) is 18.4 Å². The predicted octanol–water partition coefficient (Wildman–Crippen LogP) is 4.42. The molecule has 0 saturated carbocycles. The van der Waals surface area contributed by atoms with E-state index >= 15 is 0 Å². The Bertz CT molecular complexity index is 1040. The number of anilines is 2. The molecule has 0 spiro atoms. The van der Waals surface area contributed by atoms with Gasteiger partial charge in [0.1, 0.15) is 11.6 Å². The van der Waals surface area contributed by atoms with Gasteiger partial charge in [-0.25, -0.2) is 13.6 Å². The van der Waals surface area contributed by atoms with Gasteiger partial charge in [0, 0.05) is 30.4 Å². The SMILES string of the molecule is Cl.O=C1CNC(=O)N1CCCCCN1CC[C@@H]2c3cc(F)ccc3N(c3ccc(F)cc3)[C@H]2C1. The van der Waals surface area contributed by atoms with E-state index in [1.807, 2.05) is 6.07 Å². The number of fused-ring (bicyclic) bond motifs is 3. The Morgan fingerprint density at radius 2 is 1.68 bits per heavy atom. The van der Waals surface area contributed by atoms with Gasteiger partial charge in [-0.15, -0.1) is 12.4 Å². The van der Waals surface area contributed by atoms with Crippen molar-refractivity contribution in [3.63, 3.8) is 0 Å². The third-order valence-electron chi connectivity index (χ3n) is 7.04. The molecule has 3 amide bonds. The van der Waals surface area contributed by atoms with Crippen LogP contribution in [0.25, 0.3) is 0 Å². The van der Waals surface area contributed by atoms with Crippen molar-refractivity contribution in [2.45, 2.75) is 37.6 Å². The topological polar surface area (TPSA) is 55.9 Å². The van der Waals surface area contributed by atoms with Crippen LogP contribution in [0.5, 0.6) is 0 Å². The molecule has 0 unspecified atom stereocenters. The molecule has 9 heteroatoms. The number of carbonyl (C=O) groups excluding carboxylic acids is 2. The molecule has 0 radical (unpaired) electrons. The van der Waals surface area contributed by atoms with Crippen LogP contribution in [0, 0.1) is 11.6 Å². The van der Waals surface area contributed by atoms with Gasteiger partial charge in [-0.2, -0.15) is 0 Å². The molecule has 2 saturated heterocycles. The van der Waals surface area contributed by atoms with Crippen molar-refractivity contribution in [3.05, 3.63) is 59.7 Å². The summed E-state index contributed by atoms with van der Waals surface area (Å²) in [6, 6.07) is 11.4. The molecule has 2 aromatic carbocycles. The second-order valence-electron chi connectivity index (χ2n) is 9.08. The van der Waals surface area contributed by atoms with Gasteiger partial charge in [-0.05, 0) is 80.4 Å². The zero-order valence-electron chi connectivity index (χ0n) is 18.9. The number of imide groups is 1. The largest absolute Gasteiger partial charge is 0.336 e. The van der Waals surface area contributed by atoms with Crippen LogP contribution in [0.1, 0.15) is 37.2 Å². The van der Waals surface area contributed by atoms with Crippen LogP contribution in [0.2, 0.25) is 0 Å². The zero-order chi connectivity index (χ0) is 22.9. The van der Waals surface area contributed by atoms with Crippen LogP contribution < -0.4 is 10.2 Å². The third kappa shape index (κ3) is 4.74. The Kier molecular flexibility index (Phi) is 7.38. The first-order valence-corrected chi connectivity index (χ1v) is 11.7. The third-order valence-corrected chi connectivity index (χ3v) is 7.04. The predicted molar refractivity (Wildman–Crippen MR) is 129 cm³/mol. The molecule has 3 aliphatic rings. The van der Waals surface area contributed by atoms with E-state index in [0.29, 0.717) is 6.54 Å². The number of nitrogens with zero attached hydrogens (tertiary/aromatic N) is 3. The maximum atomic E-state index is 14.1. The van der Waals surface area contributed by atoms with Gasteiger partial charge in [0.25, 0.3) is 0 Å². The normalized spacial score (nSPS) is 21.8.